The van der Waals surface area contributed by atoms with Crippen molar-refractivity contribution in [3.63, 3.8) is 0 Å². The molecule has 0 radical (unpaired) electrons. The molecule has 58 valence electrons. The van der Waals surface area contributed by atoms with E-state index in [2.05, 4.69) is 6.58 Å². The molecular weight excluding hydrogens is 150 g/mol. The van der Waals surface area contributed by atoms with Crippen molar-refractivity contribution in [1.29, 1.82) is 0 Å². The van der Waals surface area contributed by atoms with Crippen LogP contribution in [0.2, 0.25) is 0 Å². The molecule has 0 bridgehead atoms. The minimum Gasteiger partial charge on any atom is -0.374 e. The molecule has 1 atom stereocenters. The summed E-state index contributed by atoms with van der Waals surface area (Å²) in [7, 11) is 1.74. The molecule has 0 saturated carbocycles. The molecule has 0 spiro atoms. The van der Waals surface area contributed by atoms with E-state index in [0.717, 1.165) is 0 Å². The van der Waals surface area contributed by atoms with Gasteiger partial charge in [0.25, 0.3) is 0 Å². The highest BCUT2D eigenvalue weighted by molar-refractivity contribution is 6.25. The lowest BCUT2D eigenvalue weighted by Crippen LogP contribution is -2.26. The van der Waals surface area contributed by atoms with Crippen LogP contribution in [0, 0.1) is 0 Å². The van der Waals surface area contributed by atoms with Crippen molar-refractivity contribution >= 4 is 11.6 Å². The van der Waals surface area contributed by atoms with Crippen molar-refractivity contribution in [2.75, 3.05) is 7.05 Å². The topological polar surface area (TPSA) is 23.5 Å². The summed E-state index contributed by atoms with van der Waals surface area (Å²) in [6, 6.07) is 0. The number of rotatable bonds is 3. The Kier molecular flexibility index (Phi) is 4.16. The Labute approximate surface area is 66.4 Å². The molecule has 0 aromatic carbocycles. The molecular formula is C7H12ClNO. The maximum absolute atomic E-state index is 9.03. The van der Waals surface area contributed by atoms with E-state index in [-0.39, 0.29) is 0 Å². The van der Waals surface area contributed by atoms with Gasteiger partial charge in [-0.05, 0) is 13.0 Å². The smallest absolute Gasteiger partial charge is 0.123 e. The molecule has 0 aromatic rings. The number of hydrogen-bond acceptors (Lipinski definition) is 2. The molecule has 0 aromatic heterocycles. The Bertz CT molecular complexity index is 143. The van der Waals surface area contributed by atoms with E-state index >= 15 is 0 Å². The Hall–Kier alpha value is -0.470. The van der Waals surface area contributed by atoms with Crippen LogP contribution in [0.25, 0.3) is 0 Å². The predicted molar refractivity (Wildman–Crippen MR) is 43.6 cm³/mol. The zero-order valence-electron chi connectivity index (χ0n) is 6.21. The first kappa shape index (κ1) is 9.53. The summed E-state index contributed by atoms with van der Waals surface area (Å²) in [4.78, 5) is 1.61. The van der Waals surface area contributed by atoms with Gasteiger partial charge < -0.3 is 10.0 Å². The summed E-state index contributed by atoms with van der Waals surface area (Å²) in [5.74, 6) is 0. The Morgan fingerprint density at radius 2 is 2.30 bits per heavy atom. The fraction of sp³-hybridized carbons (Fsp3) is 0.429. The first-order valence-corrected chi connectivity index (χ1v) is 3.40. The van der Waals surface area contributed by atoms with Crippen LogP contribution in [-0.4, -0.2) is 23.3 Å². The first-order valence-electron chi connectivity index (χ1n) is 2.97. The van der Waals surface area contributed by atoms with Gasteiger partial charge in [0.15, 0.2) is 0 Å². The van der Waals surface area contributed by atoms with Crippen LogP contribution in [-0.2, 0) is 0 Å². The molecule has 10 heavy (non-hydrogen) atoms. The van der Waals surface area contributed by atoms with E-state index in [1.165, 1.54) is 5.54 Å². The monoisotopic (exact) mass is 161 g/mol. The highest BCUT2D eigenvalue weighted by atomic mass is 35.5. The molecule has 0 aliphatic rings. The van der Waals surface area contributed by atoms with Crippen molar-refractivity contribution in [3.8, 4) is 0 Å². The lowest BCUT2D eigenvalue weighted by Gasteiger charge is -2.22. The molecule has 3 heteroatoms. The maximum atomic E-state index is 9.03. The fourth-order valence-corrected chi connectivity index (χ4v) is 0.724. The molecule has 0 aliphatic heterocycles. The number of aliphatic hydroxyl groups excluding tert-OH is 1. The van der Waals surface area contributed by atoms with Crippen LogP contribution < -0.4 is 0 Å². The lowest BCUT2D eigenvalue weighted by atomic mass is 10.4. The van der Waals surface area contributed by atoms with Gasteiger partial charge in [-0.1, -0.05) is 18.2 Å². The van der Waals surface area contributed by atoms with E-state index < -0.39 is 6.23 Å². The van der Waals surface area contributed by atoms with Crippen molar-refractivity contribution < 1.29 is 5.11 Å². The van der Waals surface area contributed by atoms with Crippen LogP contribution in [0.3, 0.4) is 0 Å². The van der Waals surface area contributed by atoms with E-state index in [4.69, 9.17) is 16.7 Å². The summed E-state index contributed by atoms with van der Waals surface area (Å²) in [5.41, 5.74) is 2.08. The standard InChI is InChI=1S/C7H12ClNO/c1-4-7(5-8)9(3)6(2)10/h4-6,10H,1H2,2-3H3/b7-5-. The zero-order chi connectivity index (χ0) is 8.15. The van der Waals surface area contributed by atoms with Crippen molar-refractivity contribution in [2.24, 2.45) is 0 Å². The second-order valence-electron chi connectivity index (χ2n) is 1.98. The molecule has 0 rings (SSSR count). The number of allylic oxidation sites excluding steroid dienone is 1. The van der Waals surface area contributed by atoms with Gasteiger partial charge in [0.05, 0.1) is 0 Å². The second-order valence-corrected chi connectivity index (χ2v) is 2.20. The van der Waals surface area contributed by atoms with E-state index in [0.29, 0.717) is 5.70 Å². The van der Waals surface area contributed by atoms with Crippen LogP contribution in [0.15, 0.2) is 23.9 Å². The number of halogens is 1. The summed E-state index contributed by atoms with van der Waals surface area (Å²) in [5, 5.41) is 9.03. The predicted octanol–water partition coefficient (Wildman–Crippen LogP) is 1.52. The van der Waals surface area contributed by atoms with Crippen LogP contribution >= 0.6 is 11.6 Å². The molecule has 2 nitrogen and oxygen atoms in total. The third-order valence-corrected chi connectivity index (χ3v) is 1.51. The zero-order valence-corrected chi connectivity index (χ0v) is 6.97. The van der Waals surface area contributed by atoms with Gasteiger partial charge in [-0.25, -0.2) is 0 Å². The van der Waals surface area contributed by atoms with Crippen LogP contribution in [0.4, 0.5) is 0 Å². The number of nitrogens with zero attached hydrogens (tertiary/aromatic N) is 1. The van der Waals surface area contributed by atoms with E-state index in [1.807, 2.05) is 0 Å². The Balaban J connectivity index is 4.16. The first-order chi connectivity index (χ1) is 4.63. The summed E-state index contributed by atoms with van der Waals surface area (Å²) in [6.07, 6.45) is 1.04. The summed E-state index contributed by atoms with van der Waals surface area (Å²) >= 11 is 5.42. The van der Waals surface area contributed by atoms with Crippen LogP contribution in [0.1, 0.15) is 6.92 Å². The Morgan fingerprint density at radius 3 is 2.40 bits per heavy atom. The molecule has 0 fully saturated rings. The molecule has 1 unspecified atom stereocenters. The average molecular weight is 162 g/mol. The number of hydrogen-bond donors (Lipinski definition) is 1. The number of aliphatic hydroxyl groups is 1. The SMILES string of the molecule is C=C/C(=C/Cl)N(C)C(C)O. The maximum Gasteiger partial charge on any atom is 0.123 e. The van der Waals surface area contributed by atoms with Gasteiger partial charge in [0.1, 0.15) is 6.23 Å². The third kappa shape index (κ3) is 2.42. The van der Waals surface area contributed by atoms with Gasteiger partial charge in [0, 0.05) is 18.3 Å². The fourth-order valence-electron chi connectivity index (χ4n) is 0.481. The van der Waals surface area contributed by atoms with Gasteiger partial charge >= 0.3 is 0 Å². The van der Waals surface area contributed by atoms with Crippen molar-refractivity contribution in [2.45, 2.75) is 13.2 Å². The minimum absolute atomic E-state index is 0.539. The minimum atomic E-state index is -0.539. The normalized spacial score (nSPS) is 14.6. The quantitative estimate of drug-likeness (QED) is 0.501. The highest BCUT2D eigenvalue weighted by Crippen LogP contribution is 2.06. The lowest BCUT2D eigenvalue weighted by molar-refractivity contribution is 0.0663. The van der Waals surface area contributed by atoms with E-state index in [9.17, 15) is 0 Å². The van der Waals surface area contributed by atoms with Gasteiger partial charge in [0.2, 0.25) is 0 Å². The van der Waals surface area contributed by atoms with Crippen LogP contribution in [0.5, 0.6) is 0 Å². The van der Waals surface area contributed by atoms with Gasteiger partial charge in [-0.2, -0.15) is 0 Å². The number of likely N-dealkylation sites (N-methyl/N-ethyl adjacent to an activating group) is 1. The Morgan fingerprint density at radius 1 is 1.80 bits per heavy atom. The summed E-state index contributed by atoms with van der Waals surface area (Å²) < 4.78 is 0. The summed E-state index contributed by atoms with van der Waals surface area (Å²) in [6.45, 7) is 5.19. The van der Waals surface area contributed by atoms with Gasteiger partial charge in [-0.3, -0.25) is 0 Å². The second kappa shape index (κ2) is 4.36. The third-order valence-electron chi connectivity index (χ3n) is 1.29. The largest absolute Gasteiger partial charge is 0.374 e. The highest BCUT2D eigenvalue weighted by Gasteiger charge is 2.04. The van der Waals surface area contributed by atoms with E-state index in [1.54, 1.807) is 24.9 Å². The van der Waals surface area contributed by atoms with Gasteiger partial charge in [-0.15, -0.1) is 0 Å². The average Bonchev–Trinajstić information content (AvgIpc) is 1.90. The molecule has 1 N–H and O–H groups in total. The molecule has 0 heterocycles. The molecule has 0 amide bonds. The molecule has 0 aliphatic carbocycles. The van der Waals surface area contributed by atoms with Crippen molar-refractivity contribution in [1.82, 2.24) is 4.90 Å². The van der Waals surface area contributed by atoms with Crippen molar-refractivity contribution in [3.05, 3.63) is 23.9 Å². The molecule has 0 saturated heterocycles.